The van der Waals surface area contributed by atoms with Crippen molar-refractivity contribution >= 4 is 17.5 Å². The molecule has 5 aromatic rings. The third-order valence-corrected chi connectivity index (χ3v) is 7.24. The van der Waals surface area contributed by atoms with Gasteiger partial charge in [-0.3, -0.25) is 19.1 Å². The topological polar surface area (TPSA) is 98.0 Å². The minimum Gasteiger partial charge on any atom is -0.338 e. The number of hydrogen-bond donors (Lipinski definition) is 2. The average Bonchev–Trinajstić information content (AvgIpc) is 3.42. The van der Waals surface area contributed by atoms with Crippen molar-refractivity contribution in [2.24, 2.45) is 14.1 Å². The van der Waals surface area contributed by atoms with Crippen molar-refractivity contribution in [2.45, 2.75) is 18.9 Å². The lowest BCUT2D eigenvalue weighted by Crippen LogP contribution is -2.48. The molecule has 2 heterocycles. The van der Waals surface area contributed by atoms with Gasteiger partial charge in [0.15, 0.2) is 0 Å². The Hall–Kier alpha value is -5.31. The monoisotopic (exact) mass is 563 g/mol. The second-order valence-electron chi connectivity index (χ2n) is 10.1. The van der Waals surface area contributed by atoms with Crippen molar-refractivity contribution in [1.82, 2.24) is 19.7 Å². The van der Waals surface area contributed by atoms with Crippen LogP contribution in [-0.4, -0.2) is 32.2 Å². The molecule has 8 nitrogen and oxygen atoms in total. The Balaban J connectivity index is 1.52. The van der Waals surface area contributed by atoms with Crippen LogP contribution < -0.4 is 16.2 Å². The van der Waals surface area contributed by atoms with E-state index in [2.05, 4.69) is 15.7 Å². The largest absolute Gasteiger partial charge is 0.338 e. The van der Waals surface area contributed by atoms with Crippen molar-refractivity contribution in [2.75, 3.05) is 5.32 Å². The standard InChI is InChI=1S/C33H30FN5O3/c1-21-18-29(40)38(2)20-26(21)25-15-14-24(19-27(25)34)36-33(42)31(37-32(41)28-16-17-35-39(28)3)30(22-10-6-4-7-11-22)23-12-8-5-9-13-23/h4-20,30-31H,1-3H3,(H,36,42)(H,37,41)/t31-/m0/s1. The zero-order valence-electron chi connectivity index (χ0n) is 23.4. The summed E-state index contributed by atoms with van der Waals surface area (Å²) in [5.41, 5.74) is 3.47. The zero-order valence-corrected chi connectivity index (χ0v) is 23.4. The van der Waals surface area contributed by atoms with E-state index < -0.39 is 29.6 Å². The Labute approximate surface area is 242 Å². The van der Waals surface area contributed by atoms with E-state index in [-0.39, 0.29) is 16.9 Å². The van der Waals surface area contributed by atoms with Crippen LogP contribution in [0, 0.1) is 12.7 Å². The first-order chi connectivity index (χ1) is 20.2. The quantitative estimate of drug-likeness (QED) is 0.283. The fourth-order valence-electron chi connectivity index (χ4n) is 5.05. The molecule has 9 heteroatoms. The number of amides is 2. The van der Waals surface area contributed by atoms with E-state index in [1.165, 1.54) is 27.6 Å². The summed E-state index contributed by atoms with van der Waals surface area (Å²) >= 11 is 0. The lowest BCUT2D eigenvalue weighted by atomic mass is 9.84. The molecule has 0 unspecified atom stereocenters. The van der Waals surface area contributed by atoms with E-state index >= 15 is 4.39 Å². The maximum atomic E-state index is 15.4. The van der Waals surface area contributed by atoms with Crippen molar-refractivity contribution in [3.8, 4) is 11.1 Å². The lowest BCUT2D eigenvalue weighted by Gasteiger charge is -2.28. The third kappa shape index (κ3) is 5.90. The van der Waals surface area contributed by atoms with Crippen LogP contribution in [0.3, 0.4) is 0 Å². The van der Waals surface area contributed by atoms with Gasteiger partial charge in [0.1, 0.15) is 17.6 Å². The molecule has 2 amide bonds. The minimum atomic E-state index is -1.06. The molecular weight excluding hydrogens is 533 g/mol. The third-order valence-electron chi connectivity index (χ3n) is 7.24. The molecule has 1 atom stereocenters. The highest BCUT2D eigenvalue weighted by Gasteiger charge is 2.33. The van der Waals surface area contributed by atoms with Gasteiger partial charge in [-0.05, 0) is 47.9 Å². The molecule has 0 radical (unpaired) electrons. The number of aryl methyl sites for hydroxylation is 3. The van der Waals surface area contributed by atoms with Gasteiger partial charge < -0.3 is 15.2 Å². The molecule has 0 saturated heterocycles. The van der Waals surface area contributed by atoms with Crippen molar-refractivity contribution in [3.63, 3.8) is 0 Å². The summed E-state index contributed by atoms with van der Waals surface area (Å²) in [6, 6.07) is 25.2. The molecule has 0 aliphatic heterocycles. The second-order valence-corrected chi connectivity index (χ2v) is 10.1. The molecule has 212 valence electrons. The van der Waals surface area contributed by atoms with Gasteiger partial charge in [-0.2, -0.15) is 5.10 Å². The summed E-state index contributed by atoms with van der Waals surface area (Å²) in [4.78, 5) is 39.3. The fraction of sp³-hybridized carbons (Fsp3) is 0.152. The summed E-state index contributed by atoms with van der Waals surface area (Å²) in [5.74, 6) is -2.11. The zero-order chi connectivity index (χ0) is 29.8. The predicted octanol–water partition coefficient (Wildman–Crippen LogP) is 4.80. The summed E-state index contributed by atoms with van der Waals surface area (Å²) in [5, 5.41) is 9.79. The number of halogens is 1. The Bertz CT molecular complexity index is 1760. The van der Waals surface area contributed by atoms with Gasteiger partial charge in [0, 0.05) is 55.3 Å². The molecule has 42 heavy (non-hydrogen) atoms. The van der Waals surface area contributed by atoms with Crippen molar-refractivity contribution in [1.29, 1.82) is 0 Å². The van der Waals surface area contributed by atoms with Crippen LogP contribution in [0.1, 0.15) is 33.1 Å². The van der Waals surface area contributed by atoms with E-state index in [9.17, 15) is 14.4 Å². The predicted molar refractivity (Wildman–Crippen MR) is 160 cm³/mol. The second kappa shape index (κ2) is 12.1. The van der Waals surface area contributed by atoms with E-state index in [0.717, 1.165) is 11.1 Å². The molecule has 3 aromatic carbocycles. The molecule has 0 fully saturated rings. The lowest BCUT2D eigenvalue weighted by molar-refractivity contribution is -0.118. The molecule has 2 N–H and O–H groups in total. The Kier molecular flexibility index (Phi) is 8.10. The van der Waals surface area contributed by atoms with Crippen LogP contribution in [0.15, 0.2) is 108 Å². The number of rotatable bonds is 8. The van der Waals surface area contributed by atoms with E-state index in [4.69, 9.17) is 0 Å². The van der Waals surface area contributed by atoms with Gasteiger partial charge in [0.2, 0.25) is 5.91 Å². The van der Waals surface area contributed by atoms with Gasteiger partial charge in [-0.1, -0.05) is 60.7 Å². The Morgan fingerprint density at radius 2 is 1.50 bits per heavy atom. The number of nitrogens with zero attached hydrogens (tertiary/aromatic N) is 3. The molecule has 5 rings (SSSR count). The van der Waals surface area contributed by atoms with Crippen molar-refractivity contribution < 1.29 is 14.0 Å². The first kappa shape index (κ1) is 28.2. The van der Waals surface area contributed by atoms with Crippen LogP contribution in [0.2, 0.25) is 0 Å². The summed E-state index contributed by atoms with van der Waals surface area (Å²) in [7, 11) is 3.25. The van der Waals surface area contributed by atoms with Gasteiger partial charge in [-0.25, -0.2) is 4.39 Å². The number of pyridine rings is 1. The minimum absolute atomic E-state index is 0.189. The van der Waals surface area contributed by atoms with Gasteiger partial charge in [0.25, 0.3) is 11.5 Å². The highest BCUT2D eigenvalue weighted by atomic mass is 19.1. The van der Waals surface area contributed by atoms with Gasteiger partial charge in [-0.15, -0.1) is 0 Å². The molecule has 0 saturated carbocycles. The maximum absolute atomic E-state index is 15.4. The summed E-state index contributed by atoms with van der Waals surface area (Å²) in [6.07, 6.45) is 3.09. The first-order valence-corrected chi connectivity index (χ1v) is 13.4. The number of carbonyl (C=O) groups excluding carboxylic acids is 2. The number of aromatic nitrogens is 3. The number of nitrogens with one attached hydrogen (secondary N) is 2. The van der Waals surface area contributed by atoms with E-state index in [0.29, 0.717) is 16.7 Å². The van der Waals surface area contributed by atoms with Crippen LogP contribution >= 0.6 is 0 Å². The molecule has 0 aliphatic carbocycles. The van der Waals surface area contributed by atoms with Crippen LogP contribution in [0.4, 0.5) is 10.1 Å². The average molecular weight is 564 g/mol. The fourth-order valence-corrected chi connectivity index (χ4v) is 5.05. The molecule has 0 spiro atoms. The first-order valence-electron chi connectivity index (χ1n) is 13.4. The van der Waals surface area contributed by atoms with Crippen LogP contribution in [0.25, 0.3) is 11.1 Å². The number of carbonyl (C=O) groups is 2. The van der Waals surface area contributed by atoms with Crippen molar-refractivity contribution in [3.05, 3.63) is 142 Å². The van der Waals surface area contributed by atoms with E-state index in [1.807, 2.05) is 60.7 Å². The Morgan fingerprint density at radius 3 is 2.07 bits per heavy atom. The number of hydrogen-bond acceptors (Lipinski definition) is 4. The number of benzene rings is 3. The smallest absolute Gasteiger partial charge is 0.270 e. The molecule has 0 aliphatic rings. The van der Waals surface area contributed by atoms with Gasteiger partial charge in [0.05, 0.1) is 0 Å². The summed E-state index contributed by atoms with van der Waals surface area (Å²) in [6.45, 7) is 1.74. The summed E-state index contributed by atoms with van der Waals surface area (Å²) < 4.78 is 18.2. The highest BCUT2D eigenvalue weighted by Crippen LogP contribution is 2.31. The molecule has 2 aromatic heterocycles. The SMILES string of the molecule is Cc1cc(=O)n(C)cc1-c1ccc(NC(=O)[C@@H](NC(=O)c2ccnn2C)C(c2ccccc2)c2ccccc2)cc1F. The molecule has 0 bridgehead atoms. The highest BCUT2D eigenvalue weighted by molar-refractivity contribution is 6.01. The number of anilines is 1. The normalized spacial score (nSPS) is 11.7. The van der Waals surface area contributed by atoms with E-state index in [1.54, 1.807) is 45.4 Å². The van der Waals surface area contributed by atoms with Crippen LogP contribution in [0.5, 0.6) is 0 Å². The molecular formula is C33H30FN5O3. The Morgan fingerprint density at radius 1 is 0.857 bits per heavy atom. The van der Waals surface area contributed by atoms with Gasteiger partial charge >= 0.3 is 0 Å². The maximum Gasteiger partial charge on any atom is 0.270 e. The van der Waals surface area contributed by atoms with Crippen LogP contribution in [-0.2, 0) is 18.9 Å².